The van der Waals surface area contributed by atoms with Gasteiger partial charge in [-0.3, -0.25) is 4.98 Å². The normalized spacial score (nSPS) is 10.8. The molecule has 0 aliphatic carbocycles. The van der Waals surface area contributed by atoms with E-state index in [9.17, 15) is 0 Å². The van der Waals surface area contributed by atoms with Crippen molar-refractivity contribution < 1.29 is 0 Å². The van der Waals surface area contributed by atoms with Crippen LogP contribution in [-0.2, 0) is 13.5 Å². The number of fused-ring (bicyclic) bond motifs is 1. The zero-order chi connectivity index (χ0) is 13.9. The molecule has 0 saturated carbocycles. The van der Waals surface area contributed by atoms with Crippen molar-refractivity contribution >= 4 is 22.3 Å². The number of pyridine rings is 1. The minimum absolute atomic E-state index is 0.694. The van der Waals surface area contributed by atoms with Crippen LogP contribution in [-0.4, -0.2) is 26.3 Å². The Morgan fingerprint density at radius 3 is 3.00 bits per heavy atom. The Morgan fingerprint density at radius 1 is 1.30 bits per heavy atom. The SMILES string of the molecule is Cn1cnnc1CCNc1ccc(N)c2ncccc12. The summed E-state index contributed by atoms with van der Waals surface area (Å²) >= 11 is 0. The number of anilines is 2. The van der Waals surface area contributed by atoms with Crippen LogP contribution < -0.4 is 11.1 Å². The first-order chi connectivity index (χ1) is 9.75. The number of nitrogen functional groups attached to an aromatic ring is 1. The lowest BCUT2D eigenvalue weighted by Gasteiger charge is -2.10. The first-order valence-electron chi connectivity index (χ1n) is 6.45. The van der Waals surface area contributed by atoms with Gasteiger partial charge in [0.1, 0.15) is 12.2 Å². The summed E-state index contributed by atoms with van der Waals surface area (Å²) in [5.41, 5.74) is 8.49. The molecule has 1 aromatic carbocycles. The summed E-state index contributed by atoms with van der Waals surface area (Å²) in [6.07, 6.45) is 4.27. The van der Waals surface area contributed by atoms with Crippen LogP contribution in [0.2, 0.25) is 0 Å². The van der Waals surface area contributed by atoms with Crippen molar-refractivity contribution in [3.63, 3.8) is 0 Å². The van der Waals surface area contributed by atoms with Crippen LogP contribution in [0.1, 0.15) is 5.82 Å². The number of aromatic nitrogens is 4. The molecule has 0 unspecified atom stereocenters. The van der Waals surface area contributed by atoms with E-state index in [0.717, 1.165) is 35.4 Å². The lowest BCUT2D eigenvalue weighted by molar-refractivity contribution is 0.789. The fourth-order valence-corrected chi connectivity index (χ4v) is 2.19. The zero-order valence-corrected chi connectivity index (χ0v) is 11.2. The molecule has 0 aliphatic heterocycles. The third-order valence-electron chi connectivity index (χ3n) is 3.27. The molecule has 3 N–H and O–H groups in total. The molecular weight excluding hydrogens is 252 g/mol. The third kappa shape index (κ3) is 2.27. The number of benzene rings is 1. The Morgan fingerprint density at radius 2 is 2.20 bits per heavy atom. The quantitative estimate of drug-likeness (QED) is 0.702. The average molecular weight is 268 g/mol. The molecule has 0 saturated heterocycles. The highest BCUT2D eigenvalue weighted by Crippen LogP contribution is 2.26. The van der Waals surface area contributed by atoms with E-state index in [1.807, 2.05) is 35.9 Å². The Bertz CT molecular complexity index is 733. The highest BCUT2D eigenvalue weighted by Gasteiger charge is 2.05. The van der Waals surface area contributed by atoms with Gasteiger partial charge in [-0.2, -0.15) is 0 Å². The Kier molecular flexibility index (Phi) is 3.20. The molecule has 0 fully saturated rings. The van der Waals surface area contributed by atoms with Gasteiger partial charge < -0.3 is 15.6 Å². The fraction of sp³-hybridized carbons (Fsp3) is 0.214. The predicted octanol–water partition coefficient (Wildman–Crippen LogP) is 1.60. The number of hydrogen-bond acceptors (Lipinski definition) is 5. The Labute approximate surface area is 116 Å². The van der Waals surface area contributed by atoms with E-state index in [1.165, 1.54) is 0 Å². The van der Waals surface area contributed by atoms with Crippen LogP contribution in [0.4, 0.5) is 11.4 Å². The summed E-state index contributed by atoms with van der Waals surface area (Å²) in [4.78, 5) is 4.32. The van der Waals surface area contributed by atoms with Crippen molar-refractivity contribution in [1.29, 1.82) is 0 Å². The largest absolute Gasteiger partial charge is 0.397 e. The number of rotatable bonds is 4. The molecule has 3 aromatic rings. The fourth-order valence-electron chi connectivity index (χ4n) is 2.19. The maximum Gasteiger partial charge on any atom is 0.134 e. The van der Waals surface area contributed by atoms with Crippen LogP contribution in [0, 0.1) is 0 Å². The van der Waals surface area contributed by atoms with E-state index in [4.69, 9.17) is 5.73 Å². The van der Waals surface area contributed by atoms with Crippen LogP contribution in [0.15, 0.2) is 36.8 Å². The first kappa shape index (κ1) is 12.4. The predicted molar refractivity (Wildman–Crippen MR) is 79.4 cm³/mol. The number of aryl methyl sites for hydroxylation is 1. The Hall–Kier alpha value is -2.63. The highest BCUT2D eigenvalue weighted by atomic mass is 15.2. The van der Waals surface area contributed by atoms with Gasteiger partial charge >= 0.3 is 0 Å². The van der Waals surface area contributed by atoms with Crippen molar-refractivity contribution in [3.05, 3.63) is 42.6 Å². The summed E-state index contributed by atoms with van der Waals surface area (Å²) in [7, 11) is 1.94. The van der Waals surface area contributed by atoms with Crippen molar-refractivity contribution in [2.45, 2.75) is 6.42 Å². The monoisotopic (exact) mass is 268 g/mol. The van der Waals surface area contributed by atoms with Gasteiger partial charge in [-0.05, 0) is 24.3 Å². The molecule has 0 aliphatic rings. The van der Waals surface area contributed by atoms with E-state index in [-0.39, 0.29) is 0 Å². The van der Waals surface area contributed by atoms with E-state index in [2.05, 4.69) is 20.5 Å². The van der Waals surface area contributed by atoms with E-state index < -0.39 is 0 Å². The van der Waals surface area contributed by atoms with Crippen LogP contribution in [0.3, 0.4) is 0 Å². The molecule has 2 aromatic heterocycles. The maximum absolute atomic E-state index is 5.94. The van der Waals surface area contributed by atoms with E-state index in [1.54, 1.807) is 12.5 Å². The maximum atomic E-state index is 5.94. The van der Waals surface area contributed by atoms with Crippen LogP contribution in [0.25, 0.3) is 10.9 Å². The molecule has 3 rings (SSSR count). The minimum Gasteiger partial charge on any atom is -0.397 e. The van der Waals surface area contributed by atoms with Crippen LogP contribution in [0.5, 0.6) is 0 Å². The van der Waals surface area contributed by atoms with Gasteiger partial charge in [0.25, 0.3) is 0 Å². The van der Waals surface area contributed by atoms with Crippen molar-refractivity contribution in [1.82, 2.24) is 19.7 Å². The van der Waals surface area contributed by atoms with Crippen molar-refractivity contribution in [3.8, 4) is 0 Å². The summed E-state index contributed by atoms with van der Waals surface area (Å²) in [5.74, 6) is 0.954. The van der Waals surface area contributed by atoms with Gasteiger partial charge in [-0.15, -0.1) is 10.2 Å². The summed E-state index contributed by atoms with van der Waals surface area (Å²) in [6, 6.07) is 7.79. The molecule has 20 heavy (non-hydrogen) atoms. The molecule has 0 bridgehead atoms. The molecule has 6 heteroatoms. The van der Waals surface area contributed by atoms with E-state index in [0.29, 0.717) is 5.69 Å². The standard InChI is InChI=1S/C14H16N6/c1-20-9-18-19-13(20)6-8-16-12-5-4-11(15)14-10(12)3-2-7-17-14/h2-5,7,9,16H,6,8,15H2,1H3. The lowest BCUT2D eigenvalue weighted by Crippen LogP contribution is -2.09. The topological polar surface area (TPSA) is 81.7 Å². The number of hydrogen-bond donors (Lipinski definition) is 2. The molecule has 0 atom stereocenters. The summed E-state index contributed by atoms with van der Waals surface area (Å²) in [5, 5.41) is 12.4. The number of nitrogens with two attached hydrogens (primary N) is 1. The van der Waals surface area contributed by atoms with Crippen LogP contribution >= 0.6 is 0 Å². The number of nitrogens with one attached hydrogen (secondary N) is 1. The first-order valence-corrected chi connectivity index (χ1v) is 6.45. The summed E-state index contributed by atoms with van der Waals surface area (Å²) in [6.45, 7) is 0.778. The number of nitrogens with zero attached hydrogens (tertiary/aromatic N) is 4. The Balaban J connectivity index is 1.78. The van der Waals surface area contributed by atoms with Gasteiger partial charge in [0, 0.05) is 37.3 Å². The van der Waals surface area contributed by atoms with Gasteiger partial charge in [0.2, 0.25) is 0 Å². The second kappa shape index (κ2) is 5.16. The highest BCUT2D eigenvalue weighted by molar-refractivity contribution is 5.98. The van der Waals surface area contributed by atoms with Gasteiger partial charge in [-0.1, -0.05) is 0 Å². The minimum atomic E-state index is 0.694. The van der Waals surface area contributed by atoms with E-state index >= 15 is 0 Å². The third-order valence-corrected chi connectivity index (χ3v) is 3.27. The van der Waals surface area contributed by atoms with Gasteiger partial charge in [-0.25, -0.2) is 0 Å². The van der Waals surface area contributed by atoms with Crippen molar-refractivity contribution in [2.24, 2.45) is 7.05 Å². The molecule has 6 nitrogen and oxygen atoms in total. The lowest BCUT2D eigenvalue weighted by atomic mass is 10.1. The molecule has 0 radical (unpaired) electrons. The second-order valence-corrected chi connectivity index (χ2v) is 4.64. The molecule has 0 spiro atoms. The van der Waals surface area contributed by atoms with Gasteiger partial charge in [0.05, 0.1) is 11.2 Å². The second-order valence-electron chi connectivity index (χ2n) is 4.64. The molecule has 0 amide bonds. The molecule has 102 valence electrons. The van der Waals surface area contributed by atoms with Gasteiger partial charge in [0.15, 0.2) is 0 Å². The van der Waals surface area contributed by atoms with Crippen molar-refractivity contribution in [2.75, 3.05) is 17.6 Å². The smallest absolute Gasteiger partial charge is 0.134 e. The summed E-state index contributed by atoms with van der Waals surface area (Å²) < 4.78 is 1.92. The molecular formula is C14H16N6. The zero-order valence-electron chi connectivity index (χ0n) is 11.2. The average Bonchev–Trinajstić information content (AvgIpc) is 2.87. The molecule has 2 heterocycles.